The maximum absolute atomic E-state index is 12.5. The van der Waals surface area contributed by atoms with Crippen molar-refractivity contribution in [2.45, 2.75) is 38.6 Å². The predicted octanol–water partition coefficient (Wildman–Crippen LogP) is 3.13. The van der Waals surface area contributed by atoms with Crippen molar-refractivity contribution in [2.24, 2.45) is 0 Å². The van der Waals surface area contributed by atoms with Gasteiger partial charge in [-0.05, 0) is 43.9 Å². The van der Waals surface area contributed by atoms with Crippen LogP contribution in [0.5, 0.6) is 0 Å². The quantitative estimate of drug-likeness (QED) is 0.888. The number of likely N-dealkylation sites (tertiary alicyclic amines) is 1. The van der Waals surface area contributed by atoms with Crippen LogP contribution < -0.4 is 5.32 Å². The molecule has 0 spiro atoms. The fourth-order valence-electron chi connectivity index (χ4n) is 2.67. The third kappa shape index (κ3) is 2.66. The molecule has 18 heavy (non-hydrogen) atoms. The molecule has 98 valence electrons. The molecule has 1 amide bonds. The Morgan fingerprint density at radius 1 is 1.44 bits per heavy atom. The fraction of sp³-hybridized carbons (Fsp3) is 0.533. The number of carbonyl (C=O) groups excluding carboxylic acids is 1. The molecule has 0 aliphatic carbocycles. The van der Waals surface area contributed by atoms with Crippen molar-refractivity contribution >= 4 is 11.6 Å². The Morgan fingerprint density at radius 2 is 2.28 bits per heavy atom. The van der Waals surface area contributed by atoms with Gasteiger partial charge in [0.2, 0.25) is 0 Å². The summed E-state index contributed by atoms with van der Waals surface area (Å²) in [5, 5.41) is 3.08. The molecule has 1 saturated heterocycles. The van der Waals surface area contributed by atoms with Gasteiger partial charge in [-0.3, -0.25) is 4.79 Å². The number of rotatable bonds is 3. The van der Waals surface area contributed by atoms with Crippen molar-refractivity contribution in [3.63, 3.8) is 0 Å². The highest BCUT2D eigenvalue weighted by molar-refractivity contribution is 5.95. The molecule has 1 aliphatic heterocycles. The summed E-state index contributed by atoms with van der Waals surface area (Å²) in [4.78, 5) is 14.6. The van der Waals surface area contributed by atoms with E-state index in [1.54, 1.807) is 0 Å². The average molecular weight is 246 g/mol. The van der Waals surface area contributed by atoms with Crippen LogP contribution in [-0.2, 0) is 0 Å². The molecular weight excluding hydrogens is 224 g/mol. The number of carbonyl (C=O) groups is 1. The molecule has 2 rings (SSSR count). The Hall–Kier alpha value is -1.51. The minimum absolute atomic E-state index is 0.179. The zero-order chi connectivity index (χ0) is 13.0. The number of piperidine rings is 1. The molecule has 3 heteroatoms. The summed E-state index contributed by atoms with van der Waals surface area (Å²) < 4.78 is 0. The second-order valence-corrected chi connectivity index (χ2v) is 4.89. The van der Waals surface area contributed by atoms with E-state index in [9.17, 15) is 4.79 Å². The molecule has 1 fully saturated rings. The number of anilines is 1. The maximum Gasteiger partial charge on any atom is 0.254 e. The van der Waals surface area contributed by atoms with Crippen LogP contribution in [0.4, 0.5) is 5.69 Å². The van der Waals surface area contributed by atoms with Gasteiger partial charge in [-0.2, -0.15) is 0 Å². The second kappa shape index (κ2) is 5.89. The van der Waals surface area contributed by atoms with Gasteiger partial charge < -0.3 is 10.2 Å². The van der Waals surface area contributed by atoms with Crippen molar-refractivity contribution in [3.8, 4) is 0 Å². The van der Waals surface area contributed by atoms with Crippen molar-refractivity contribution in [1.82, 2.24) is 4.90 Å². The molecule has 1 aromatic carbocycles. The first-order valence-corrected chi connectivity index (χ1v) is 6.85. The van der Waals surface area contributed by atoms with E-state index in [-0.39, 0.29) is 5.91 Å². The minimum atomic E-state index is 0.179. The third-order valence-corrected chi connectivity index (χ3v) is 3.76. The molecule has 0 aromatic heterocycles. The molecule has 1 N–H and O–H groups in total. The zero-order valence-electron chi connectivity index (χ0n) is 11.3. The van der Waals surface area contributed by atoms with Crippen LogP contribution in [0.3, 0.4) is 0 Å². The van der Waals surface area contributed by atoms with Crippen molar-refractivity contribution in [2.75, 3.05) is 18.9 Å². The van der Waals surface area contributed by atoms with Gasteiger partial charge in [0.05, 0.1) is 0 Å². The van der Waals surface area contributed by atoms with Crippen LogP contribution in [0.2, 0.25) is 0 Å². The second-order valence-electron chi connectivity index (χ2n) is 4.89. The van der Waals surface area contributed by atoms with E-state index < -0.39 is 0 Å². The minimum Gasteiger partial charge on any atom is -0.388 e. The molecular formula is C15H22N2O. The van der Waals surface area contributed by atoms with Gasteiger partial charge in [0.25, 0.3) is 5.91 Å². The normalized spacial score (nSPS) is 19.7. The Balaban J connectivity index is 2.18. The first kappa shape index (κ1) is 12.9. The van der Waals surface area contributed by atoms with E-state index in [2.05, 4.69) is 17.1 Å². The van der Waals surface area contributed by atoms with E-state index >= 15 is 0 Å². The molecule has 0 radical (unpaired) electrons. The first-order chi connectivity index (χ1) is 8.76. The fourth-order valence-corrected chi connectivity index (χ4v) is 2.67. The van der Waals surface area contributed by atoms with Crippen LogP contribution >= 0.6 is 0 Å². The molecule has 0 saturated carbocycles. The van der Waals surface area contributed by atoms with Gasteiger partial charge in [0.1, 0.15) is 0 Å². The number of hydrogen-bond acceptors (Lipinski definition) is 2. The lowest BCUT2D eigenvalue weighted by atomic mass is 9.99. The first-order valence-electron chi connectivity index (χ1n) is 6.85. The Kier molecular flexibility index (Phi) is 4.24. The van der Waals surface area contributed by atoms with Crippen LogP contribution in [-0.4, -0.2) is 30.4 Å². The van der Waals surface area contributed by atoms with Crippen LogP contribution in [0.1, 0.15) is 43.0 Å². The summed E-state index contributed by atoms with van der Waals surface area (Å²) in [5.41, 5.74) is 1.79. The van der Waals surface area contributed by atoms with Crippen molar-refractivity contribution < 1.29 is 4.79 Å². The van der Waals surface area contributed by atoms with Gasteiger partial charge in [-0.25, -0.2) is 0 Å². The van der Waals surface area contributed by atoms with Gasteiger partial charge in [-0.1, -0.05) is 13.0 Å². The van der Waals surface area contributed by atoms with E-state index in [1.165, 1.54) is 6.42 Å². The van der Waals surface area contributed by atoms with E-state index in [1.807, 2.05) is 31.3 Å². The molecule has 1 atom stereocenters. The summed E-state index contributed by atoms with van der Waals surface area (Å²) in [5.74, 6) is 0.179. The molecule has 0 bridgehead atoms. The monoisotopic (exact) mass is 246 g/mol. The third-order valence-electron chi connectivity index (χ3n) is 3.76. The van der Waals surface area contributed by atoms with E-state index in [0.29, 0.717) is 6.04 Å². The Morgan fingerprint density at radius 3 is 3.00 bits per heavy atom. The summed E-state index contributed by atoms with van der Waals surface area (Å²) in [6.45, 7) is 3.07. The van der Waals surface area contributed by atoms with E-state index in [4.69, 9.17) is 0 Å². The predicted molar refractivity (Wildman–Crippen MR) is 75.0 cm³/mol. The number of nitrogens with one attached hydrogen (secondary N) is 1. The average Bonchev–Trinajstić information content (AvgIpc) is 2.46. The molecule has 3 nitrogen and oxygen atoms in total. The standard InChI is InChI=1S/C15H22N2O/c1-3-14-9-4-5-10-17(14)15(18)12-7-6-8-13(11-12)16-2/h6-8,11,14,16H,3-5,9-10H2,1-2H3. The number of hydrogen-bond donors (Lipinski definition) is 1. The maximum atomic E-state index is 12.5. The van der Waals surface area contributed by atoms with Crippen molar-refractivity contribution in [3.05, 3.63) is 29.8 Å². The lowest BCUT2D eigenvalue weighted by molar-refractivity contribution is 0.0608. The largest absolute Gasteiger partial charge is 0.388 e. The molecule has 1 aliphatic rings. The molecule has 1 aromatic rings. The van der Waals surface area contributed by atoms with Crippen molar-refractivity contribution in [1.29, 1.82) is 0 Å². The SMILES string of the molecule is CCC1CCCCN1C(=O)c1cccc(NC)c1. The summed E-state index contributed by atoms with van der Waals surface area (Å²) >= 11 is 0. The smallest absolute Gasteiger partial charge is 0.254 e. The van der Waals surface area contributed by atoms with E-state index in [0.717, 1.165) is 37.1 Å². The highest BCUT2D eigenvalue weighted by Crippen LogP contribution is 2.22. The number of amides is 1. The molecule has 1 unspecified atom stereocenters. The van der Waals surface area contributed by atoms with Gasteiger partial charge in [-0.15, -0.1) is 0 Å². The lowest BCUT2D eigenvalue weighted by Gasteiger charge is -2.35. The number of nitrogens with zero attached hydrogens (tertiary/aromatic N) is 1. The van der Waals surface area contributed by atoms with Gasteiger partial charge in [0, 0.05) is 30.9 Å². The van der Waals surface area contributed by atoms with Crippen LogP contribution in [0.25, 0.3) is 0 Å². The summed E-state index contributed by atoms with van der Waals surface area (Å²) in [6.07, 6.45) is 4.58. The number of benzene rings is 1. The topological polar surface area (TPSA) is 32.3 Å². The highest BCUT2D eigenvalue weighted by atomic mass is 16.2. The summed E-state index contributed by atoms with van der Waals surface area (Å²) in [7, 11) is 1.87. The van der Waals surface area contributed by atoms with Crippen LogP contribution in [0, 0.1) is 0 Å². The molecule has 1 heterocycles. The van der Waals surface area contributed by atoms with Crippen LogP contribution in [0.15, 0.2) is 24.3 Å². The van der Waals surface area contributed by atoms with Gasteiger partial charge in [0.15, 0.2) is 0 Å². The zero-order valence-corrected chi connectivity index (χ0v) is 11.3. The Labute approximate surface area is 109 Å². The lowest BCUT2D eigenvalue weighted by Crippen LogP contribution is -2.43. The van der Waals surface area contributed by atoms with Gasteiger partial charge >= 0.3 is 0 Å². The summed E-state index contributed by atoms with van der Waals surface area (Å²) in [6, 6.07) is 8.17. The highest BCUT2D eigenvalue weighted by Gasteiger charge is 2.26. The Bertz CT molecular complexity index is 417.